The molecular formula is C27H32F2N4O2. The van der Waals surface area contributed by atoms with E-state index in [2.05, 4.69) is 35.9 Å². The van der Waals surface area contributed by atoms with Crippen LogP contribution in [0.5, 0.6) is 0 Å². The van der Waals surface area contributed by atoms with E-state index in [0.29, 0.717) is 29.6 Å². The van der Waals surface area contributed by atoms with Crippen LogP contribution in [0.25, 0.3) is 11.3 Å². The second-order valence-electron chi connectivity index (χ2n) is 9.53. The summed E-state index contributed by atoms with van der Waals surface area (Å²) in [5.41, 5.74) is 2.54. The van der Waals surface area contributed by atoms with Crippen molar-refractivity contribution in [3.8, 4) is 11.3 Å². The zero-order valence-corrected chi connectivity index (χ0v) is 20.5. The third-order valence-corrected chi connectivity index (χ3v) is 6.38. The summed E-state index contributed by atoms with van der Waals surface area (Å²) in [4.78, 5) is 19.7. The highest BCUT2D eigenvalue weighted by Crippen LogP contribution is 2.33. The Morgan fingerprint density at radius 1 is 1.00 bits per heavy atom. The maximum Gasteiger partial charge on any atom is 0.254 e. The first kappa shape index (κ1) is 24.9. The molecule has 4 rings (SSSR count). The standard InChI is InChI=1S/C27H32F2N4O2/c1-19(2)12-13-33(26(34)21-6-10-23(29)11-7-21)18-24-25(20-4-8-22(28)9-5-20)30-35-27(24)32-16-14-31(3)15-17-32/h4-11,19H,12-18H2,1-3H3. The minimum Gasteiger partial charge on any atom is -0.338 e. The summed E-state index contributed by atoms with van der Waals surface area (Å²) >= 11 is 0. The van der Waals surface area contributed by atoms with Crippen molar-refractivity contribution >= 4 is 11.8 Å². The van der Waals surface area contributed by atoms with Gasteiger partial charge in [-0.3, -0.25) is 4.79 Å². The molecule has 2 heterocycles. The van der Waals surface area contributed by atoms with Crippen molar-refractivity contribution in [2.24, 2.45) is 5.92 Å². The van der Waals surface area contributed by atoms with Crippen molar-refractivity contribution in [3.63, 3.8) is 0 Å². The fourth-order valence-corrected chi connectivity index (χ4v) is 4.17. The van der Waals surface area contributed by atoms with Gasteiger partial charge in [0, 0.05) is 43.9 Å². The van der Waals surface area contributed by atoms with Gasteiger partial charge in [-0.25, -0.2) is 8.78 Å². The zero-order chi connectivity index (χ0) is 24.9. The highest BCUT2D eigenvalue weighted by atomic mass is 19.1. The second kappa shape index (κ2) is 11.0. The second-order valence-corrected chi connectivity index (χ2v) is 9.53. The molecule has 6 nitrogen and oxygen atoms in total. The van der Waals surface area contributed by atoms with Gasteiger partial charge in [0.05, 0.1) is 12.1 Å². The van der Waals surface area contributed by atoms with Gasteiger partial charge in [-0.2, -0.15) is 0 Å². The summed E-state index contributed by atoms with van der Waals surface area (Å²) in [5.74, 6) is 0.142. The normalized spacial score (nSPS) is 14.5. The van der Waals surface area contributed by atoms with Crippen molar-refractivity contribution in [3.05, 3.63) is 71.3 Å². The first-order valence-corrected chi connectivity index (χ1v) is 12.0. The highest BCUT2D eigenvalue weighted by Gasteiger charge is 2.28. The number of benzene rings is 2. The molecule has 1 aromatic heterocycles. The Hall–Kier alpha value is -3.26. The van der Waals surface area contributed by atoms with Crippen LogP contribution in [0.3, 0.4) is 0 Å². The predicted octanol–water partition coefficient (Wildman–Crippen LogP) is 5.06. The number of hydrogen-bond acceptors (Lipinski definition) is 5. The number of piperazine rings is 1. The third kappa shape index (κ3) is 6.06. The van der Waals surface area contributed by atoms with Gasteiger partial charge in [-0.1, -0.05) is 19.0 Å². The average molecular weight is 483 g/mol. The summed E-state index contributed by atoms with van der Waals surface area (Å²) in [6, 6.07) is 11.7. The van der Waals surface area contributed by atoms with Crippen molar-refractivity contribution in [2.75, 3.05) is 44.7 Å². The first-order chi connectivity index (χ1) is 16.8. The van der Waals surface area contributed by atoms with Gasteiger partial charge in [-0.15, -0.1) is 0 Å². The van der Waals surface area contributed by atoms with Crippen molar-refractivity contribution in [2.45, 2.75) is 26.8 Å². The van der Waals surface area contributed by atoms with E-state index in [1.54, 1.807) is 17.0 Å². The van der Waals surface area contributed by atoms with Crippen LogP contribution in [-0.2, 0) is 6.54 Å². The lowest BCUT2D eigenvalue weighted by Gasteiger charge is -2.33. The molecule has 0 atom stereocenters. The molecule has 0 unspecified atom stereocenters. The Bertz CT molecular complexity index is 1120. The van der Waals surface area contributed by atoms with Gasteiger partial charge >= 0.3 is 0 Å². The summed E-state index contributed by atoms with van der Waals surface area (Å²) in [5, 5.41) is 4.36. The largest absolute Gasteiger partial charge is 0.338 e. The van der Waals surface area contributed by atoms with E-state index >= 15 is 0 Å². The van der Waals surface area contributed by atoms with E-state index in [1.807, 2.05) is 0 Å². The van der Waals surface area contributed by atoms with Crippen molar-refractivity contribution in [1.82, 2.24) is 15.0 Å². The van der Waals surface area contributed by atoms with E-state index in [1.165, 1.54) is 36.4 Å². The summed E-state index contributed by atoms with van der Waals surface area (Å²) < 4.78 is 33.0. The minimum absolute atomic E-state index is 0.179. The van der Waals surface area contributed by atoms with E-state index in [4.69, 9.17) is 4.52 Å². The van der Waals surface area contributed by atoms with Crippen LogP contribution in [0.4, 0.5) is 14.7 Å². The lowest BCUT2D eigenvalue weighted by molar-refractivity contribution is 0.0735. The van der Waals surface area contributed by atoms with E-state index in [9.17, 15) is 13.6 Å². The Kier molecular flexibility index (Phi) is 7.80. The van der Waals surface area contributed by atoms with Crippen LogP contribution in [0.15, 0.2) is 53.1 Å². The van der Waals surface area contributed by atoms with Gasteiger partial charge in [0.25, 0.3) is 5.91 Å². The fourth-order valence-electron chi connectivity index (χ4n) is 4.17. The first-order valence-electron chi connectivity index (χ1n) is 12.0. The molecule has 1 aliphatic rings. The predicted molar refractivity (Wildman–Crippen MR) is 132 cm³/mol. The number of carbonyl (C=O) groups is 1. The number of likely N-dealkylation sites (N-methyl/N-ethyl adjacent to an activating group) is 1. The molecule has 3 aromatic rings. The summed E-state index contributed by atoms with van der Waals surface area (Å²) in [6.45, 7) is 8.36. The van der Waals surface area contributed by atoms with Crippen LogP contribution in [0.2, 0.25) is 0 Å². The molecule has 0 N–H and O–H groups in total. The number of amides is 1. The molecule has 2 aromatic carbocycles. The minimum atomic E-state index is -0.384. The smallest absolute Gasteiger partial charge is 0.254 e. The molecule has 0 aliphatic carbocycles. The van der Waals surface area contributed by atoms with Crippen molar-refractivity contribution < 1.29 is 18.1 Å². The monoisotopic (exact) mass is 482 g/mol. The molecule has 186 valence electrons. The van der Waals surface area contributed by atoms with E-state index < -0.39 is 0 Å². The van der Waals surface area contributed by atoms with Crippen LogP contribution in [-0.4, -0.2) is 60.6 Å². The molecule has 0 saturated carbocycles. The number of aromatic nitrogens is 1. The molecule has 0 spiro atoms. The number of rotatable bonds is 8. The van der Waals surface area contributed by atoms with E-state index in [-0.39, 0.29) is 24.1 Å². The number of hydrogen-bond donors (Lipinski definition) is 0. The van der Waals surface area contributed by atoms with Gasteiger partial charge < -0.3 is 19.2 Å². The maximum absolute atomic E-state index is 13.6. The summed E-state index contributed by atoms with van der Waals surface area (Å²) in [7, 11) is 2.08. The topological polar surface area (TPSA) is 52.8 Å². The van der Waals surface area contributed by atoms with Gasteiger partial charge in [0.1, 0.15) is 17.3 Å². The Morgan fingerprint density at radius 2 is 1.60 bits per heavy atom. The lowest BCUT2D eigenvalue weighted by atomic mass is 10.0. The molecule has 1 amide bonds. The fraction of sp³-hybridized carbons (Fsp3) is 0.407. The number of nitrogens with zero attached hydrogens (tertiary/aromatic N) is 4. The number of carbonyl (C=O) groups excluding carboxylic acids is 1. The quantitative estimate of drug-likeness (QED) is 0.449. The van der Waals surface area contributed by atoms with Crippen LogP contribution >= 0.6 is 0 Å². The van der Waals surface area contributed by atoms with Crippen LogP contribution < -0.4 is 4.90 Å². The van der Waals surface area contributed by atoms with Crippen LogP contribution in [0, 0.1) is 17.6 Å². The SMILES string of the molecule is CC(C)CCN(Cc1c(-c2ccc(F)cc2)noc1N1CCN(C)CC1)C(=O)c1ccc(F)cc1. The Morgan fingerprint density at radius 3 is 2.20 bits per heavy atom. The molecule has 1 fully saturated rings. The molecule has 0 bridgehead atoms. The van der Waals surface area contributed by atoms with Crippen molar-refractivity contribution in [1.29, 1.82) is 0 Å². The van der Waals surface area contributed by atoms with Crippen LogP contribution in [0.1, 0.15) is 36.2 Å². The van der Waals surface area contributed by atoms with Gasteiger partial charge in [0.15, 0.2) is 0 Å². The molecular weight excluding hydrogens is 450 g/mol. The Balaban J connectivity index is 1.71. The van der Waals surface area contributed by atoms with Gasteiger partial charge in [-0.05, 0) is 67.9 Å². The summed E-state index contributed by atoms with van der Waals surface area (Å²) in [6.07, 6.45) is 0.813. The third-order valence-electron chi connectivity index (χ3n) is 6.38. The number of halogens is 2. The van der Waals surface area contributed by atoms with Gasteiger partial charge in [0.2, 0.25) is 5.88 Å². The average Bonchev–Trinajstić information content (AvgIpc) is 3.26. The lowest BCUT2D eigenvalue weighted by Crippen LogP contribution is -2.45. The Labute approximate surface area is 205 Å². The maximum atomic E-state index is 13.6. The number of anilines is 1. The van der Waals surface area contributed by atoms with E-state index in [0.717, 1.165) is 43.7 Å². The molecule has 0 radical (unpaired) electrons. The highest BCUT2D eigenvalue weighted by molar-refractivity contribution is 5.94. The molecule has 1 aliphatic heterocycles. The molecule has 1 saturated heterocycles. The molecule has 8 heteroatoms. The zero-order valence-electron chi connectivity index (χ0n) is 20.5. The molecule has 35 heavy (non-hydrogen) atoms.